The smallest absolute Gasteiger partial charge is 0.143 e. The Hall–Kier alpha value is -3.01. The van der Waals surface area contributed by atoms with Gasteiger partial charge in [-0.15, -0.1) is 0 Å². The maximum absolute atomic E-state index is 12.8. The normalized spacial score (nSPS) is 11.9. The Morgan fingerprint density at radius 1 is 0.935 bits per heavy atom. The zero-order chi connectivity index (χ0) is 22.1. The van der Waals surface area contributed by atoms with Crippen LogP contribution in [0.5, 0.6) is 5.75 Å². The number of fused-ring (bicyclic) bond motifs is 1. The zero-order valence-electron chi connectivity index (χ0n) is 18.5. The van der Waals surface area contributed by atoms with E-state index in [9.17, 15) is 9.59 Å². The van der Waals surface area contributed by atoms with Gasteiger partial charge in [-0.2, -0.15) is 0 Å². The third-order valence-electron chi connectivity index (χ3n) is 5.49. The molecular formula is C27H31NO3. The minimum absolute atomic E-state index is 0.0390. The van der Waals surface area contributed by atoms with Crippen molar-refractivity contribution in [2.24, 2.45) is 5.92 Å². The van der Waals surface area contributed by atoms with Crippen molar-refractivity contribution in [3.63, 3.8) is 0 Å². The highest BCUT2D eigenvalue weighted by Gasteiger charge is 2.26. The Bertz CT molecular complexity index is 1030. The summed E-state index contributed by atoms with van der Waals surface area (Å²) in [6.45, 7) is 4.41. The van der Waals surface area contributed by atoms with Gasteiger partial charge in [-0.25, -0.2) is 0 Å². The number of ether oxygens (including phenoxy) is 1. The number of hydrogen-bond acceptors (Lipinski definition) is 4. The van der Waals surface area contributed by atoms with E-state index in [1.807, 2.05) is 61.7 Å². The standard InChI is InChI=1S/C27H31NO3/c1-3-5-14-26(30)23(25(29)10-4-2)17-22-12-7-9-15-27(22)31-19-20-16-21-11-6-8-13-24(21)28-18-20/h6-9,11-13,15-16,18,23H,3-5,10,14,17,19H2,1-2H3. The molecule has 3 aromatic rings. The second kappa shape index (κ2) is 11.4. The average Bonchev–Trinajstić information content (AvgIpc) is 2.80. The summed E-state index contributed by atoms with van der Waals surface area (Å²) in [7, 11) is 0. The number of pyridine rings is 1. The van der Waals surface area contributed by atoms with Crippen LogP contribution in [0.15, 0.2) is 60.8 Å². The Kier molecular flexibility index (Phi) is 8.34. The van der Waals surface area contributed by atoms with E-state index in [0.717, 1.165) is 41.3 Å². The van der Waals surface area contributed by atoms with Crippen LogP contribution in [-0.4, -0.2) is 16.6 Å². The third-order valence-corrected chi connectivity index (χ3v) is 5.49. The predicted octanol–water partition coefficient (Wildman–Crippen LogP) is 6.10. The van der Waals surface area contributed by atoms with Crippen molar-refractivity contribution in [2.75, 3.05) is 0 Å². The van der Waals surface area contributed by atoms with E-state index in [4.69, 9.17) is 4.74 Å². The Labute approximate surface area is 184 Å². The fraction of sp³-hybridized carbons (Fsp3) is 0.370. The Morgan fingerprint density at radius 3 is 2.48 bits per heavy atom. The largest absolute Gasteiger partial charge is 0.489 e. The fourth-order valence-corrected chi connectivity index (χ4v) is 3.74. The molecule has 1 atom stereocenters. The molecule has 0 spiro atoms. The minimum atomic E-state index is -0.585. The van der Waals surface area contributed by atoms with Gasteiger partial charge in [0.15, 0.2) is 0 Å². The molecule has 0 bridgehead atoms. The molecule has 4 heteroatoms. The van der Waals surface area contributed by atoms with E-state index in [0.29, 0.717) is 31.6 Å². The van der Waals surface area contributed by atoms with Gasteiger partial charge >= 0.3 is 0 Å². The van der Waals surface area contributed by atoms with E-state index in [2.05, 4.69) is 18.0 Å². The SMILES string of the molecule is CCCCC(=O)C(Cc1ccccc1OCc1cnc2ccccc2c1)C(=O)CCC. The van der Waals surface area contributed by atoms with Gasteiger partial charge in [0.1, 0.15) is 23.9 Å². The number of unbranched alkanes of at least 4 members (excludes halogenated alkanes) is 1. The van der Waals surface area contributed by atoms with Crippen LogP contribution in [-0.2, 0) is 22.6 Å². The molecular weight excluding hydrogens is 386 g/mol. The molecule has 1 aromatic heterocycles. The minimum Gasteiger partial charge on any atom is -0.489 e. The molecule has 31 heavy (non-hydrogen) atoms. The number of carbonyl (C=O) groups is 2. The predicted molar refractivity (Wildman–Crippen MR) is 124 cm³/mol. The molecule has 0 saturated heterocycles. The number of aromatic nitrogens is 1. The molecule has 0 amide bonds. The van der Waals surface area contributed by atoms with Gasteiger partial charge in [-0.1, -0.05) is 56.7 Å². The Morgan fingerprint density at radius 2 is 1.68 bits per heavy atom. The topological polar surface area (TPSA) is 56.3 Å². The van der Waals surface area contributed by atoms with Gasteiger partial charge in [0.05, 0.1) is 11.4 Å². The van der Waals surface area contributed by atoms with Crippen molar-refractivity contribution in [1.29, 1.82) is 0 Å². The molecule has 1 unspecified atom stereocenters. The average molecular weight is 418 g/mol. The molecule has 0 fully saturated rings. The number of carbonyl (C=O) groups excluding carboxylic acids is 2. The van der Waals surface area contributed by atoms with E-state index in [1.54, 1.807) is 0 Å². The summed E-state index contributed by atoms with van der Waals surface area (Å²) in [6.07, 6.45) is 5.64. The lowest BCUT2D eigenvalue weighted by atomic mass is 9.87. The summed E-state index contributed by atoms with van der Waals surface area (Å²) in [5.41, 5.74) is 2.83. The third kappa shape index (κ3) is 6.24. The molecule has 1 heterocycles. The number of Topliss-reactive ketones (excluding diaryl/α,β-unsaturated/α-hetero) is 2. The molecule has 4 nitrogen and oxygen atoms in total. The van der Waals surface area contributed by atoms with E-state index >= 15 is 0 Å². The van der Waals surface area contributed by atoms with Crippen molar-refractivity contribution in [2.45, 2.75) is 59.0 Å². The van der Waals surface area contributed by atoms with Crippen molar-refractivity contribution in [3.8, 4) is 5.75 Å². The van der Waals surface area contributed by atoms with Crippen molar-refractivity contribution < 1.29 is 14.3 Å². The summed E-state index contributed by atoms with van der Waals surface area (Å²) in [4.78, 5) is 30.0. The van der Waals surface area contributed by atoms with Gasteiger partial charge < -0.3 is 4.74 Å². The van der Waals surface area contributed by atoms with Crippen LogP contribution in [0.2, 0.25) is 0 Å². The zero-order valence-corrected chi connectivity index (χ0v) is 18.5. The first-order valence-electron chi connectivity index (χ1n) is 11.2. The molecule has 0 aliphatic heterocycles. The maximum Gasteiger partial charge on any atom is 0.143 e. The van der Waals surface area contributed by atoms with Crippen LogP contribution < -0.4 is 4.74 Å². The van der Waals surface area contributed by atoms with E-state index in [-0.39, 0.29) is 11.6 Å². The van der Waals surface area contributed by atoms with Gasteiger partial charge in [-0.05, 0) is 43.0 Å². The number of ketones is 2. The quantitative estimate of drug-likeness (QED) is 0.334. The lowest BCUT2D eigenvalue weighted by molar-refractivity contribution is -0.132. The first-order chi connectivity index (χ1) is 15.1. The van der Waals surface area contributed by atoms with Crippen LogP contribution >= 0.6 is 0 Å². The summed E-state index contributed by atoms with van der Waals surface area (Å²) >= 11 is 0. The van der Waals surface area contributed by atoms with Crippen LogP contribution in [0, 0.1) is 5.92 Å². The van der Waals surface area contributed by atoms with Crippen molar-refractivity contribution in [3.05, 3.63) is 71.9 Å². The lowest BCUT2D eigenvalue weighted by Gasteiger charge is -2.17. The van der Waals surface area contributed by atoms with E-state index < -0.39 is 5.92 Å². The number of rotatable bonds is 12. The number of hydrogen-bond donors (Lipinski definition) is 0. The van der Waals surface area contributed by atoms with Gasteiger partial charge in [0.25, 0.3) is 0 Å². The Balaban J connectivity index is 1.75. The molecule has 0 aliphatic rings. The second-order valence-corrected chi connectivity index (χ2v) is 7.98. The van der Waals surface area contributed by atoms with Crippen molar-refractivity contribution >= 4 is 22.5 Å². The molecule has 0 aliphatic carbocycles. The second-order valence-electron chi connectivity index (χ2n) is 7.98. The number of benzene rings is 2. The fourth-order valence-electron chi connectivity index (χ4n) is 3.74. The summed E-state index contributed by atoms with van der Waals surface area (Å²) in [6, 6.07) is 17.8. The van der Waals surface area contributed by atoms with Gasteiger partial charge in [0, 0.05) is 30.0 Å². The van der Waals surface area contributed by atoms with Gasteiger partial charge in [0.2, 0.25) is 0 Å². The molecule has 2 aromatic carbocycles. The van der Waals surface area contributed by atoms with Gasteiger partial charge in [-0.3, -0.25) is 14.6 Å². The van der Waals surface area contributed by atoms with Crippen molar-refractivity contribution in [1.82, 2.24) is 4.98 Å². The molecule has 162 valence electrons. The van der Waals surface area contributed by atoms with Crippen LogP contribution in [0.1, 0.15) is 57.1 Å². The summed E-state index contributed by atoms with van der Waals surface area (Å²) < 4.78 is 6.11. The van der Waals surface area contributed by atoms with E-state index in [1.165, 1.54) is 0 Å². The molecule has 0 N–H and O–H groups in total. The van der Waals surface area contributed by atoms with Crippen LogP contribution in [0.4, 0.5) is 0 Å². The molecule has 3 rings (SSSR count). The highest BCUT2D eigenvalue weighted by atomic mass is 16.5. The number of para-hydroxylation sites is 2. The maximum atomic E-state index is 12.8. The lowest BCUT2D eigenvalue weighted by Crippen LogP contribution is -2.26. The summed E-state index contributed by atoms with van der Waals surface area (Å²) in [5.74, 6) is 0.220. The monoisotopic (exact) mass is 417 g/mol. The molecule has 0 saturated carbocycles. The number of nitrogens with zero attached hydrogens (tertiary/aromatic N) is 1. The first-order valence-corrected chi connectivity index (χ1v) is 11.2. The molecule has 0 radical (unpaired) electrons. The van der Waals surface area contributed by atoms with Crippen LogP contribution in [0.25, 0.3) is 10.9 Å². The van der Waals surface area contributed by atoms with Crippen LogP contribution in [0.3, 0.4) is 0 Å². The first kappa shape index (κ1) is 22.7. The highest BCUT2D eigenvalue weighted by molar-refractivity contribution is 6.02. The summed E-state index contributed by atoms with van der Waals surface area (Å²) in [5, 5.41) is 1.07. The highest BCUT2D eigenvalue weighted by Crippen LogP contribution is 2.25.